The van der Waals surface area contributed by atoms with Gasteiger partial charge in [-0.3, -0.25) is 4.79 Å². The van der Waals surface area contributed by atoms with Gasteiger partial charge in [0.2, 0.25) is 5.91 Å². The van der Waals surface area contributed by atoms with Crippen molar-refractivity contribution >= 4 is 33.1 Å². The van der Waals surface area contributed by atoms with Gasteiger partial charge in [-0.1, -0.05) is 0 Å². The van der Waals surface area contributed by atoms with Gasteiger partial charge in [0.05, 0.1) is 15.7 Å². The molecule has 0 spiro atoms. The molecule has 2 aromatic rings. The topological polar surface area (TPSA) is 68.0 Å². The van der Waals surface area contributed by atoms with Crippen molar-refractivity contribution in [3.63, 3.8) is 0 Å². The Morgan fingerprint density at radius 3 is 3.00 bits per heavy atom. The van der Waals surface area contributed by atoms with E-state index >= 15 is 0 Å². The molecule has 0 fully saturated rings. The van der Waals surface area contributed by atoms with Crippen LogP contribution in [0.3, 0.4) is 0 Å². The lowest BCUT2D eigenvalue weighted by Gasteiger charge is -2.17. The van der Waals surface area contributed by atoms with Crippen LogP contribution >= 0.6 is 11.3 Å². The molecule has 4 nitrogen and oxygen atoms in total. The van der Waals surface area contributed by atoms with E-state index in [9.17, 15) is 4.79 Å². The molecule has 0 saturated heterocycles. The minimum absolute atomic E-state index is 0.0682. The predicted molar refractivity (Wildman–Crippen MR) is 71.1 cm³/mol. The Balaban J connectivity index is 2.10. The molecule has 0 saturated carbocycles. The molecule has 1 aromatic carbocycles. The third-order valence-corrected chi connectivity index (χ3v) is 3.02. The number of carbonyl (C=O) groups excluding carboxylic acids is 1. The molecule has 0 atom stereocenters. The zero-order chi connectivity index (χ0) is 12.5. The smallest absolute Gasteiger partial charge is 0.226 e. The molecule has 2 rings (SSSR count). The SMILES string of the molecule is CC(C)(N)CC(=O)Nc1ccc2ncsc2c1. The van der Waals surface area contributed by atoms with Crippen molar-refractivity contribution in [3.05, 3.63) is 23.7 Å². The highest BCUT2D eigenvalue weighted by Crippen LogP contribution is 2.22. The minimum Gasteiger partial charge on any atom is -0.326 e. The first-order chi connectivity index (χ1) is 7.94. The Kier molecular flexibility index (Phi) is 3.13. The molecule has 90 valence electrons. The van der Waals surface area contributed by atoms with Gasteiger partial charge in [0.1, 0.15) is 0 Å². The molecule has 3 N–H and O–H groups in total. The first kappa shape index (κ1) is 12.0. The molecule has 0 aliphatic carbocycles. The van der Waals surface area contributed by atoms with E-state index in [2.05, 4.69) is 10.3 Å². The largest absolute Gasteiger partial charge is 0.326 e. The number of anilines is 1. The number of benzene rings is 1. The van der Waals surface area contributed by atoms with Gasteiger partial charge in [-0.05, 0) is 32.0 Å². The number of aromatic nitrogens is 1. The molecule has 0 radical (unpaired) electrons. The standard InChI is InChI=1S/C12H15N3OS/c1-12(2,13)6-11(16)15-8-3-4-9-10(5-8)17-7-14-9/h3-5,7H,6,13H2,1-2H3,(H,15,16). The molecule has 0 bridgehead atoms. The maximum absolute atomic E-state index is 11.7. The summed E-state index contributed by atoms with van der Waals surface area (Å²) in [5, 5.41) is 2.84. The number of hydrogen-bond acceptors (Lipinski definition) is 4. The molecule has 1 heterocycles. The predicted octanol–water partition coefficient (Wildman–Crippen LogP) is 2.36. The van der Waals surface area contributed by atoms with E-state index in [-0.39, 0.29) is 5.91 Å². The summed E-state index contributed by atoms with van der Waals surface area (Å²) >= 11 is 1.55. The fourth-order valence-corrected chi connectivity index (χ4v) is 2.27. The zero-order valence-electron chi connectivity index (χ0n) is 9.86. The second-order valence-corrected chi connectivity index (χ2v) is 5.63. The van der Waals surface area contributed by atoms with E-state index < -0.39 is 5.54 Å². The van der Waals surface area contributed by atoms with Gasteiger partial charge < -0.3 is 11.1 Å². The molecule has 0 unspecified atom stereocenters. The Labute approximate surface area is 104 Å². The average molecular weight is 249 g/mol. The van der Waals surface area contributed by atoms with E-state index in [4.69, 9.17) is 5.73 Å². The third-order valence-electron chi connectivity index (χ3n) is 2.23. The summed E-state index contributed by atoms with van der Waals surface area (Å²) in [5.74, 6) is -0.0682. The average Bonchev–Trinajstić information content (AvgIpc) is 2.61. The van der Waals surface area contributed by atoms with Crippen LogP contribution in [0.25, 0.3) is 10.2 Å². The van der Waals surface area contributed by atoms with Crippen LogP contribution in [0.5, 0.6) is 0 Å². The molecular weight excluding hydrogens is 234 g/mol. The van der Waals surface area contributed by atoms with Crippen LogP contribution in [0.1, 0.15) is 20.3 Å². The number of amides is 1. The number of nitrogens with zero attached hydrogens (tertiary/aromatic N) is 1. The summed E-state index contributed by atoms with van der Waals surface area (Å²) in [6.07, 6.45) is 0.299. The fourth-order valence-electron chi connectivity index (χ4n) is 1.55. The van der Waals surface area contributed by atoms with Crippen LogP contribution in [-0.2, 0) is 4.79 Å². The fraction of sp³-hybridized carbons (Fsp3) is 0.333. The maximum Gasteiger partial charge on any atom is 0.226 e. The van der Waals surface area contributed by atoms with E-state index in [1.54, 1.807) is 16.8 Å². The van der Waals surface area contributed by atoms with Crippen molar-refractivity contribution in [2.75, 3.05) is 5.32 Å². The second-order valence-electron chi connectivity index (χ2n) is 4.75. The summed E-state index contributed by atoms with van der Waals surface area (Å²) < 4.78 is 1.06. The van der Waals surface area contributed by atoms with Gasteiger partial charge in [-0.15, -0.1) is 11.3 Å². The number of fused-ring (bicyclic) bond motifs is 1. The van der Waals surface area contributed by atoms with Crippen molar-refractivity contribution in [2.24, 2.45) is 5.73 Å². The number of hydrogen-bond donors (Lipinski definition) is 2. The molecule has 17 heavy (non-hydrogen) atoms. The quantitative estimate of drug-likeness (QED) is 0.877. The highest BCUT2D eigenvalue weighted by atomic mass is 32.1. The molecule has 1 amide bonds. The number of rotatable bonds is 3. The molecule has 0 aliphatic heterocycles. The number of nitrogens with one attached hydrogen (secondary N) is 1. The first-order valence-corrected chi connectivity index (χ1v) is 6.24. The summed E-state index contributed by atoms with van der Waals surface area (Å²) in [6.45, 7) is 3.66. The lowest BCUT2D eigenvalue weighted by molar-refractivity contribution is -0.117. The zero-order valence-corrected chi connectivity index (χ0v) is 10.7. The van der Waals surface area contributed by atoms with Gasteiger partial charge in [0, 0.05) is 17.6 Å². The van der Waals surface area contributed by atoms with Crippen LogP contribution in [0.15, 0.2) is 23.7 Å². The maximum atomic E-state index is 11.7. The first-order valence-electron chi connectivity index (χ1n) is 5.36. The highest BCUT2D eigenvalue weighted by molar-refractivity contribution is 7.16. The third kappa shape index (κ3) is 3.25. The second kappa shape index (κ2) is 4.43. The van der Waals surface area contributed by atoms with Gasteiger partial charge >= 0.3 is 0 Å². The van der Waals surface area contributed by atoms with Crippen LogP contribution in [-0.4, -0.2) is 16.4 Å². The monoisotopic (exact) mass is 249 g/mol. The number of carbonyl (C=O) groups is 1. The van der Waals surface area contributed by atoms with E-state index in [1.807, 2.05) is 32.0 Å². The van der Waals surface area contributed by atoms with Crippen LogP contribution in [0, 0.1) is 0 Å². The van der Waals surface area contributed by atoms with E-state index in [1.165, 1.54) is 0 Å². The molecule has 5 heteroatoms. The molecular formula is C12H15N3OS. The normalized spacial score (nSPS) is 11.7. The van der Waals surface area contributed by atoms with Gasteiger partial charge in [0.15, 0.2) is 0 Å². The number of nitrogens with two attached hydrogens (primary N) is 1. The van der Waals surface area contributed by atoms with Crippen molar-refractivity contribution < 1.29 is 4.79 Å². The lowest BCUT2D eigenvalue weighted by Crippen LogP contribution is -2.36. The van der Waals surface area contributed by atoms with Gasteiger partial charge in [-0.25, -0.2) is 4.98 Å². The van der Waals surface area contributed by atoms with Crippen molar-refractivity contribution in [1.29, 1.82) is 0 Å². The van der Waals surface area contributed by atoms with Crippen molar-refractivity contribution in [1.82, 2.24) is 4.98 Å². The van der Waals surface area contributed by atoms with Gasteiger partial charge in [-0.2, -0.15) is 0 Å². The lowest BCUT2D eigenvalue weighted by atomic mass is 10.0. The Bertz CT molecular complexity index is 542. The Morgan fingerprint density at radius 1 is 1.53 bits per heavy atom. The van der Waals surface area contributed by atoms with E-state index in [0.29, 0.717) is 6.42 Å². The minimum atomic E-state index is -0.487. The van der Waals surface area contributed by atoms with Crippen molar-refractivity contribution in [2.45, 2.75) is 25.8 Å². The summed E-state index contributed by atoms with van der Waals surface area (Å²) in [4.78, 5) is 15.9. The van der Waals surface area contributed by atoms with E-state index in [0.717, 1.165) is 15.9 Å². The highest BCUT2D eigenvalue weighted by Gasteiger charge is 2.16. The molecule has 0 aliphatic rings. The summed E-state index contributed by atoms with van der Waals surface area (Å²) in [7, 11) is 0. The summed E-state index contributed by atoms with van der Waals surface area (Å²) in [5.41, 5.74) is 8.84. The summed E-state index contributed by atoms with van der Waals surface area (Å²) in [6, 6.07) is 5.67. The Morgan fingerprint density at radius 2 is 2.29 bits per heavy atom. The Hall–Kier alpha value is -1.46. The number of thiazole rings is 1. The van der Waals surface area contributed by atoms with Crippen LogP contribution in [0.4, 0.5) is 5.69 Å². The van der Waals surface area contributed by atoms with Crippen LogP contribution in [0.2, 0.25) is 0 Å². The molecule has 1 aromatic heterocycles. The van der Waals surface area contributed by atoms with Crippen molar-refractivity contribution in [3.8, 4) is 0 Å². The van der Waals surface area contributed by atoms with Gasteiger partial charge in [0.25, 0.3) is 0 Å². The van der Waals surface area contributed by atoms with Crippen LogP contribution < -0.4 is 11.1 Å².